The molecule has 3 N–H and O–H groups in total. The lowest BCUT2D eigenvalue weighted by atomic mass is 9.43. The number of ether oxygens (including phenoxy) is 2. The van der Waals surface area contributed by atoms with Gasteiger partial charge in [0.2, 0.25) is 0 Å². The highest BCUT2D eigenvalue weighted by Crippen LogP contribution is 2.73. The summed E-state index contributed by atoms with van der Waals surface area (Å²) in [4.78, 5) is 25.7. The van der Waals surface area contributed by atoms with Gasteiger partial charge in [-0.1, -0.05) is 24.6 Å². The average Bonchev–Trinajstić information content (AvgIpc) is 3.24. The smallest absolute Gasteiger partial charge is 0.334 e. The molecule has 0 aromatic rings. The molecule has 0 radical (unpaired) electrons. The van der Waals surface area contributed by atoms with Gasteiger partial charge < -0.3 is 24.8 Å². The van der Waals surface area contributed by atoms with Crippen LogP contribution in [0.2, 0.25) is 0 Å². The number of ketones is 1. The first-order valence-corrected chi connectivity index (χ1v) is 13.0. The number of hydrogen-bond acceptors (Lipinski definition) is 7. The summed E-state index contributed by atoms with van der Waals surface area (Å²) in [5, 5.41) is 35.3. The molecule has 4 aliphatic carbocycles. The van der Waals surface area contributed by atoms with Gasteiger partial charge in [0.15, 0.2) is 17.7 Å². The summed E-state index contributed by atoms with van der Waals surface area (Å²) in [5.41, 5.74) is -0.861. The van der Waals surface area contributed by atoms with Crippen LogP contribution in [0.3, 0.4) is 0 Å². The summed E-state index contributed by atoms with van der Waals surface area (Å²) >= 11 is 0. The Balaban J connectivity index is 1.48. The van der Waals surface area contributed by atoms with Gasteiger partial charge in [0.05, 0.1) is 23.0 Å². The van der Waals surface area contributed by atoms with Crippen LogP contribution in [0.5, 0.6) is 0 Å². The number of aliphatic hydroxyl groups excluding tert-OH is 1. The molecular weight excluding hydrogens is 448 g/mol. The molecule has 0 aromatic heterocycles. The summed E-state index contributed by atoms with van der Waals surface area (Å²) in [7, 11) is 0. The number of allylic oxidation sites excluding steroid dienone is 4. The molecular formula is C28H36O7. The Morgan fingerprint density at radius 1 is 1.14 bits per heavy atom. The van der Waals surface area contributed by atoms with E-state index in [-0.39, 0.29) is 36.6 Å². The van der Waals surface area contributed by atoms with Crippen LogP contribution < -0.4 is 0 Å². The number of fused-ring (bicyclic) bond motifs is 4. The molecule has 2 aliphatic heterocycles. The lowest BCUT2D eigenvalue weighted by Crippen LogP contribution is -2.76. The fraction of sp³-hybridized carbons (Fsp3) is 0.714. The summed E-state index contributed by atoms with van der Waals surface area (Å²) in [5.74, 6) is -2.95. The number of esters is 1. The average molecular weight is 485 g/mol. The molecule has 1 saturated heterocycles. The molecule has 2 saturated carbocycles. The third-order valence-corrected chi connectivity index (χ3v) is 11.4. The number of carbonyl (C=O) groups excluding carboxylic acids is 2. The van der Waals surface area contributed by atoms with Crippen LogP contribution in [0.4, 0.5) is 0 Å². The largest absolute Gasteiger partial charge is 0.452 e. The number of carbonyl (C=O) groups is 2. The van der Waals surface area contributed by atoms with Crippen molar-refractivity contribution < 1.29 is 34.4 Å². The lowest BCUT2D eigenvalue weighted by Gasteiger charge is -2.67. The maximum Gasteiger partial charge on any atom is 0.334 e. The van der Waals surface area contributed by atoms with Crippen molar-refractivity contribution in [2.75, 3.05) is 6.61 Å². The van der Waals surface area contributed by atoms with E-state index in [0.29, 0.717) is 24.0 Å². The van der Waals surface area contributed by atoms with Crippen LogP contribution in [0.1, 0.15) is 59.8 Å². The third kappa shape index (κ3) is 2.56. The van der Waals surface area contributed by atoms with Gasteiger partial charge in [0.1, 0.15) is 6.10 Å². The van der Waals surface area contributed by atoms with Crippen molar-refractivity contribution in [1.82, 2.24) is 0 Å². The van der Waals surface area contributed by atoms with Gasteiger partial charge >= 0.3 is 5.97 Å². The van der Waals surface area contributed by atoms with Gasteiger partial charge in [0, 0.05) is 17.9 Å². The normalized spacial score (nSPS) is 52.6. The van der Waals surface area contributed by atoms with Crippen molar-refractivity contribution in [3.63, 3.8) is 0 Å². The van der Waals surface area contributed by atoms with Gasteiger partial charge in [-0.3, -0.25) is 4.79 Å². The van der Waals surface area contributed by atoms with Crippen molar-refractivity contribution in [3.05, 3.63) is 34.9 Å². The maximum atomic E-state index is 13.3. The van der Waals surface area contributed by atoms with Crippen molar-refractivity contribution in [2.45, 2.75) is 83.4 Å². The van der Waals surface area contributed by atoms with Crippen LogP contribution >= 0.6 is 0 Å². The van der Waals surface area contributed by atoms with Crippen LogP contribution in [-0.2, 0) is 19.1 Å². The SMILES string of the molecule is CC1=C(C)[C@@H]([C@H]2O[C@@]3(O)C[C@H]4[C@@H](CC=C5CC=CC(=O)[C@@]54C)[C@@H]4CC[C@@](O)([C@@H]2CO)[C@]43C)OC1=O. The zero-order valence-corrected chi connectivity index (χ0v) is 20.9. The molecule has 0 aromatic carbocycles. The third-order valence-electron chi connectivity index (χ3n) is 11.4. The van der Waals surface area contributed by atoms with E-state index < -0.39 is 46.3 Å². The Morgan fingerprint density at radius 3 is 2.54 bits per heavy atom. The highest BCUT2D eigenvalue weighted by atomic mass is 16.7. The first-order chi connectivity index (χ1) is 16.4. The molecule has 0 unspecified atom stereocenters. The number of rotatable bonds is 2. The zero-order chi connectivity index (χ0) is 25.1. The van der Waals surface area contributed by atoms with Gasteiger partial charge in [-0.2, -0.15) is 0 Å². The Hall–Kier alpha value is -1.80. The first-order valence-electron chi connectivity index (χ1n) is 13.0. The molecule has 6 aliphatic rings. The van der Waals surface area contributed by atoms with Gasteiger partial charge in [-0.25, -0.2) is 4.79 Å². The number of cyclic esters (lactones) is 1. The predicted molar refractivity (Wildman–Crippen MR) is 126 cm³/mol. The minimum Gasteiger partial charge on any atom is -0.452 e. The maximum absolute atomic E-state index is 13.3. The highest BCUT2D eigenvalue weighted by molar-refractivity contribution is 5.98. The molecule has 0 spiro atoms. The van der Waals surface area contributed by atoms with Crippen molar-refractivity contribution >= 4 is 11.8 Å². The summed E-state index contributed by atoms with van der Waals surface area (Å²) in [6.45, 7) is 7.04. The summed E-state index contributed by atoms with van der Waals surface area (Å²) in [6, 6.07) is 0. The summed E-state index contributed by atoms with van der Waals surface area (Å²) < 4.78 is 12.2. The van der Waals surface area contributed by atoms with E-state index >= 15 is 0 Å². The Kier molecular flexibility index (Phi) is 4.82. The molecule has 35 heavy (non-hydrogen) atoms. The van der Waals surface area contributed by atoms with E-state index in [4.69, 9.17) is 9.47 Å². The molecule has 0 bridgehead atoms. The Bertz CT molecular complexity index is 1100. The molecule has 7 nitrogen and oxygen atoms in total. The van der Waals surface area contributed by atoms with E-state index in [1.54, 1.807) is 19.9 Å². The van der Waals surface area contributed by atoms with Crippen molar-refractivity contribution in [2.24, 2.45) is 34.5 Å². The Morgan fingerprint density at radius 2 is 1.89 bits per heavy atom. The fourth-order valence-corrected chi connectivity index (χ4v) is 9.08. The van der Waals surface area contributed by atoms with Crippen molar-refractivity contribution in [1.29, 1.82) is 0 Å². The monoisotopic (exact) mass is 484 g/mol. The predicted octanol–water partition coefficient (Wildman–Crippen LogP) is 2.59. The lowest BCUT2D eigenvalue weighted by molar-refractivity contribution is -0.416. The molecule has 7 heteroatoms. The van der Waals surface area contributed by atoms with Gasteiger partial charge in [-0.05, 0) is 75.9 Å². The molecule has 10 atom stereocenters. The van der Waals surface area contributed by atoms with Gasteiger partial charge in [0.25, 0.3) is 0 Å². The Labute approximate surface area is 205 Å². The van der Waals surface area contributed by atoms with Crippen LogP contribution in [0, 0.1) is 34.5 Å². The zero-order valence-electron chi connectivity index (χ0n) is 20.9. The van der Waals surface area contributed by atoms with E-state index in [2.05, 4.69) is 6.08 Å². The second-order valence-corrected chi connectivity index (χ2v) is 12.2. The van der Waals surface area contributed by atoms with E-state index in [0.717, 1.165) is 18.4 Å². The second kappa shape index (κ2) is 7.15. The summed E-state index contributed by atoms with van der Waals surface area (Å²) in [6.07, 6.45) is 6.93. The minimum absolute atomic E-state index is 0.0601. The number of aliphatic hydroxyl groups is 3. The van der Waals surface area contributed by atoms with Crippen LogP contribution in [0.15, 0.2) is 34.9 Å². The topological polar surface area (TPSA) is 113 Å². The molecule has 190 valence electrons. The fourth-order valence-electron chi connectivity index (χ4n) is 9.08. The molecule has 6 rings (SSSR count). The minimum atomic E-state index is -1.74. The molecule has 2 heterocycles. The van der Waals surface area contributed by atoms with E-state index in [9.17, 15) is 24.9 Å². The molecule has 3 fully saturated rings. The van der Waals surface area contributed by atoms with Crippen molar-refractivity contribution in [3.8, 4) is 0 Å². The van der Waals surface area contributed by atoms with Crippen LogP contribution in [-0.4, -0.2) is 57.3 Å². The number of hydrogen-bond donors (Lipinski definition) is 3. The first kappa shape index (κ1) is 23.6. The second-order valence-electron chi connectivity index (χ2n) is 12.2. The quantitative estimate of drug-likeness (QED) is 0.408. The standard InChI is InChI=1S/C28H36O7/c1-14-15(2)24(31)34-22(14)23-20(13-29)27(32)11-10-18-17-9-8-16-6-5-7-21(30)25(16,3)19(17)12-28(33,35-23)26(18,27)4/h5,7-8,17-20,22-23,29,32-33H,6,9-13H2,1-4H3/t17-,18-,19-,20+,22-,23-,25-,26-,27+,28-/m0/s1. The van der Waals surface area contributed by atoms with Crippen LogP contribution in [0.25, 0.3) is 0 Å². The van der Waals surface area contributed by atoms with E-state index in [1.807, 2.05) is 19.9 Å². The van der Waals surface area contributed by atoms with E-state index in [1.165, 1.54) is 0 Å². The molecule has 0 amide bonds. The highest BCUT2D eigenvalue weighted by Gasteiger charge is 2.79. The van der Waals surface area contributed by atoms with Gasteiger partial charge in [-0.15, -0.1) is 0 Å².